The molecule has 1 aromatic carbocycles. The molecule has 20 heavy (non-hydrogen) atoms. The third-order valence-electron chi connectivity index (χ3n) is 2.85. The number of nitrogens with zero attached hydrogens (tertiary/aromatic N) is 2. The van der Waals surface area contributed by atoms with Gasteiger partial charge in [0, 0.05) is 11.5 Å². The third-order valence-corrected chi connectivity index (χ3v) is 3.26. The standard InChI is InChI=1S/C16H19BrN2O/c1-4-9-20-14-8-6-5-7-12(14)13-10-15(17)19-16(18-13)11(2)3/h5-8,10-11H,4,9H2,1-3H3. The Bertz CT molecular complexity index is 584. The molecule has 106 valence electrons. The Morgan fingerprint density at radius 2 is 1.95 bits per heavy atom. The fraction of sp³-hybridized carbons (Fsp3) is 0.375. The highest BCUT2D eigenvalue weighted by Crippen LogP contribution is 2.30. The van der Waals surface area contributed by atoms with Crippen LogP contribution >= 0.6 is 15.9 Å². The van der Waals surface area contributed by atoms with Crippen molar-refractivity contribution in [3.05, 3.63) is 40.8 Å². The first-order valence-corrected chi connectivity index (χ1v) is 7.67. The summed E-state index contributed by atoms with van der Waals surface area (Å²) < 4.78 is 6.61. The zero-order chi connectivity index (χ0) is 14.5. The maximum Gasteiger partial charge on any atom is 0.132 e. The Hall–Kier alpha value is -1.42. The molecule has 0 aliphatic heterocycles. The molecule has 2 aromatic rings. The minimum absolute atomic E-state index is 0.287. The number of hydrogen-bond donors (Lipinski definition) is 0. The van der Waals surface area contributed by atoms with Gasteiger partial charge in [0.1, 0.15) is 16.2 Å². The molecule has 0 unspecified atom stereocenters. The topological polar surface area (TPSA) is 35.0 Å². The van der Waals surface area contributed by atoms with E-state index in [9.17, 15) is 0 Å². The Morgan fingerprint density at radius 1 is 1.20 bits per heavy atom. The largest absolute Gasteiger partial charge is 0.493 e. The fourth-order valence-electron chi connectivity index (χ4n) is 1.85. The second-order valence-corrected chi connectivity index (χ2v) is 5.75. The average molecular weight is 335 g/mol. The summed E-state index contributed by atoms with van der Waals surface area (Å²) in [6.07, 6.45) is 0.985. The van der Waals surface area contributed by atoms with Crippen LogP contribution in [0.3, 0.4) is 0 Å². The molecule has 0 fully saturated rings. The second-order valence-electron chi connectivity index (χ2n) is 4.93. The van der Waals surface area contributed by atoms with E-state index in [-0.39, 0.29) is 5.92 Å². The molecule has 1 aromatic heterocycles. The van der Waals surface area contributed by atoms with Gasteiger partial charge in [0.15, 0.2) is 0 Å². The number of para-hydroxylation sites is 1. The lowest BCUT2D eigenvalue weighted by molar-refractivity contribution is 0.318. The molecular formula is C16H19BrN2O. The molecular weight excluding hydrogens is 316 g/mol. The zero-order valence-corrected chi connectivity index (χ0v) is 13.6. The summed E-state index contributed by atoms with van der Waals surface area (Å²) >= 11 is 3.46. The third kappa shape index (κ3) is 3.57. The van der Waals surface area contributed by atoms with Crippen LogP contribution in [0.15, 0.2) is 34.9 Å². The average Bonchev–Trinajstić information content (AvgIpc) is 2.44. The first-order chi connectivity index (χ1) is 9.61. The summed E-state index contributed by atoms with van der Waals surface area (Å²) in [6.45, 7) is 6.98. The molecule has 0 radical (unpaired) electrons. The second kappa shape index (κ2) is 6.84. The van der Waals surface area contributed by atoms with E-state index in [4.69, 9.17) is 4.74 Å². The predicted octanol–water partition coefficient (Wildman–Crippen LogP) is 4.82. The van der Waals surface area contributed by atoms with Gasteiger partial charge in [-0.05, 0) is 40.5 Å². The lowest BCUT2D eigenvalue weighted by Crippen LogP contribution is -2.01. The van der Waals surface area contributed by atoms with E-state index in [1.54, 1.807) is 0 Å². The van der Waals surface area contributed by atoms with Crippen molar-refractivity contribution in [1.82, 2.24) is 9.97 Å². The summed E-state index contributed by atoms with van der Waals surface area (Å²) in [5.74, 6) is 1.99. The van der Waals surface area contributed by atoms with Gasteiger partial charge in [-0.15, -0.1) is 0 Å². The number of aromatic nitrogens is 2. The summed E-state index contributed by atoms with van der Waals surface area (Å²) in [5.41, 5.74) is 1.90. The normalized spacial score (nSPS) is 10.8. The van der Waals surface area contributed by atoms with Gasteiger partial charge >= 0.3 is 0 Å². The lowest BCUT2D eigenvalue weighted by Gasteiger charge is -2.12. The Balaban J connectivity index is 2.45. The molecule has 2 rings (SSSR count). The van der Waals surface area contributed by atoms with Crippen LogP contribution in [0.5, 0.6) is 5.75 Å². The Labute approximate surface area is 128 Å². The Kier molecular flexibility index (Phi) is 5.12. The summed E-state index contributed by atoms with van der Waals surface area (Å²) in [5, 5.41) is 0. The molecule has 0 bridgehead atoms. The maximum atomic E-state index is 5.81. The highest BCUT2D eigenvalue weighted by molar-refractivity contribution is 9.10. The van der Waals surface area contributed by atoms with Gasteiger partial charge in [0.25, 0.3) is 0 Å². The molecule has 0 aliphatic rings. The fourth-order valence-corrected chi connectivity index (χ4v) is 2.25. The summed E-state index contributed by atoms with van der Waals surface area (Å²) in [6, 6.07) is 9.92. The van der Waals surface area contributed by atoms with Crippen LogP contribution in [-0.2, 0) is 0 Å². The number of hydrogen-bond acceptors (Lipinski definition) is 3. The van der Waals surface area contributed by atoms with Crippen molar-refractivity contribution in [3.63, 3.8) is 0 Å². The van der Waals surface area contributed by atoms with Gasteiger partial charge in [0.05, 0.1) is 12.3 Å². The molecule has 0 saturated heterocycles. The molecule has 0 spiro atoms. The Morgan fingerprint density at radius 3 is 2.65 bits per heavy atom. The molecule has 0 aliphatic carbocycles. The van der Waals surface area contributed by atoms with Crippen LogP contribution in [-0.4, -0.2) is 16.6 Å². The van der Waals surface area contributed by atoms with Gasteiger partial charge < -0.3 is 4.74 Å². The molecule has 0 N–H and O–H groups in total. The minimum Gasteiger partial charge on any atom is -0.493 e. The van der Waals surface area contributed by atoms with E-state index < -0.39 is 0 Å². The quantitative estimate of drug-likeness (QED) is 0.735. The first-order valence-electron chi connectivity index (χ1n) is 6.88. The monoisotopic (exact) mass is 334 g/mol. The maximum absolute atomic E-state index is 5.81. The van der Waals surface area contributed by atoms with Crippen molar-refractivity contribution >= 4 is 15.9 Å². The van der Waals surface area contributed by atoms with Crippen molar-refractivity contribution < 1.29 is 4.74 Å². The molecule has 0 saturated carbocycles. The van der Waals surface area contributed by atoms with Crippen LogP contribution in [0.2, 0.25) is 0 Å². The van der Waals surface area contributed by atoms with E-state index in [2.05, 4.69) is 46.7 Å². The molecule has 1 heterocycles. The number of halogens is 1. The minimum atomic E-state index is 0.287. The molecule has 0 amide bonds. The van der Waals surface area contributed by atoms with Crippen LogP contribution in [0.25, 0.3) is 11.3 Å². The number of ether oxygens (including phenoxy) is 1. The van der Waals surface area contributed by atoms with Crippen molar-refractivity contribution in [2.24, 2.45) is 0 Å². The van der Waals surface area contributed by atoms with Crippen molar-refractivity contribution in [1.29, 1.82) is 0 Å². The van der Waals surface area contributed by atoms with Crippen molar-refractivity contribution in [2.45, 2.75) is 33.1 Å². The van der Waals surface area contributed by atoms with Gasteiger partial charge in [0.2, 0.25) is 0 Å². The van der Waals surface area contributed by atoms with Crippen LogP contribution < -0.4 is 4.74 Å². The highest BCUT2D eigenvalue weighted by atomic mass is 79.9. The predicted molar refractivity (Wildman–Crippen MR) is 85.0 cm³/mol. The van der Waals surface area contributed by atoms with E-state index in [1.165, 1.54) is 0 Å². The van der Waals surface area contributed by atoms with Crippen LogP contribution in [0.4, 0.5) is 0 Å². The van der Waals surface area contributed by atoms with Crippen LogP contribution in [0.1, 0.15) is 38.9 Å². The van der Waals surface area contributed by atoms with Gasteiger partial charge in [-0.2, -0.15) is 0 Å². The van der Waals surface area contributed by atoms with E-state index in [0.29, 0.717) is 6.61 Å². The lowest BCUT2D eigenvalue weighted by atomic mass is 10.1. The summed E-state index contributed by atoms with van der Waals surface area (Å²) in [4.78, 5) is 9.07. The molecule has 4 heteroatoms. The van der Waals surface area contributed by atoms with E-state index in [0.717, 1.165) is 33.9 Å². The van der Waals surface area contributed by atoms with Crippen molar-refractivity contribution in [2.75, 3.05) is 6.61 Å². The van der Waals surface area contributed by atoms with E-state index in [1.807, 2.05) is 30.3 Å². The van der Waals surface area contributed by atoms with Crippen LogP contribution in [0, 0.1) is 0 Å². The van der Waals surface area contributed by atoms with Gasteiger partial charge in [-0.3, -0.25) is 0 Å². The zero-order valence-electron chi connectivity index (χ0n) is 12.1. The summed E-state index contributed by atoms with van der Waals surface area (Å²) in [7, 11) is 0. The first kappa shape index (κ1) is 15.0. The highest BCUT2D eigenvalue weighted by Gasteiger charge is 2.12. The van der Waals surface area contributed by atoms with Gasteiger partial charge in [-0.25, -0.2) is 9.97 Å². The number of benzene rings is 1. The van der Waals surface area contributed by atoms with Crippen molar-refractivity contribution in [3.8, 4) is 17.0 Å². The van der Waals surface area contributed by atoms with Gasteiger partial charge in [-0.1, -0.05) is 32.9 Å². The SMILES string of the molecule is CCCOc1ccccc1-c1cc(Br)nc(C(C)C)n1. The smallest absolute Gasteiger partial charge is 0.132 e. The molecule has 0 atom stereocenters. The number of rotatable bonds is 5. The molecule has 3 nitrogen and oxygen atoms in total. The van der Waals surface area contributed by atoms with E-state index >= 15 is 0 Å².